The Morgan fingerprint density at radius 2 is 2.09 bits per heavy atom. The summed E-state index contributed by atoms with van der Waals surface area (Å²) in [6.45, 7) is 0.343. The molecule has 1 amide bonds. The van der Waals surface area contributed by atoms with E-state index in [1.807, 2.05) is 12.1 Å². The van der Waals surface area contributed by atoms with Gasteiger partial charge in [-0.15, -0.1) is 5.10 Å². The molecule has 0 unspecified atom stereocenters. The Balaban J connectivity index is 1.68. The molecule has 1 aliphatic rings. The smallest absolute Gasteiger partial charge is 0.248 e. The van der Waals surface area contributed by atoms with E-state index < -0.39 is 0 Å². The highest BCUT2D eigenvalue weighted by Gasteiger charge is 2.35. The van der Waals surface area contributed by atoms with E-state index in [4.69, 9.17) is 4.74 Å². The van der Waals surface area contributed by atoms with Crippen molar-refractivity contribution in [3.8, 4) is 0 Å². The number of H-pyrrole nitrogens is 1. The number of aromatic nitrogens is 4. The van der Waals surface area contributed by atoms with Gasteiger partial charge in [0.2, 0.25) is 11.9 Å². The van der Waals surface area contributed by atoms with Crippen LogP contribution in [0.4, 0.5) is 5.95 Å². The molecule has 1 saturated carbocycles. The van der Waals surface area contributed by atoms with Crippen molar-refractivity contribution in [1.29, 1.82) is 0 Å². The van der Waals surface area contributed by atoms with Crippen LogP contribution in [0.3, 0.4) is 0 Å². The lowest BCUT2D eigenvalue weighted by molar-refractivity contribution is -0.118. The van der Waals surface area contributed by atoms with Crippen molar-refractivity contribution in [2.45, 2.75) is 50.7 Å². The van der Waals surface area contributed by atoms with E-state index in [-0.39, 0.29) is 11.4 Å². The molecular formula is C16H23N5O2. The summed E-state index contributed by atoms with van der Waals surface area (Å²) in [5, 5.41) is 9.54. The number of hydrogen-bond acceptors (Lipinski definition) is 4. The predicted molar refractivity (Wildman–Crippen MR) is 85.8 cm³/mol. The molecule has 0 aromatic carbocycles. The Bertz CT molecular complexity index is 629. The molecule has 1 fully saturated rings. The first-order chi connectivity index (χ1) is 11.2. The molecule has 2 N–H and O–H groups in total. The first-order valence-corrected chi connectivity index (χ1v) is 8.05. The van der Waals surface area contributed by atoms with Crippen LogP contribution < -0.4 is 5.32 Å². The van der Waals surface area contributed by atoms with Crippen LogP contribution in [0.1, 0.15) is 44.3 Å². The zero-order chi connectivity index (χ0) is 16.1. The Morgan fingerprint density at radius 3 is 2.78 bits per heavy atom. The highest BCUT2D eigenvalue weighted by Crippen LogP contribution is 2.38. The maximum absolute atomic E-state index is 12.5. The molecule has 0 spiro atoms. The zero-order valence-corrected chi connectivity index (χ0v) is 13.4. The van der Waals surface area contributed by atoms with E-state index in [1.54, 1.807) is 7.11 Å². The SMILES string of the molecule is COCc1nc(NC(=O)CC2(n3cccc3)CCCCC2)n[nH]1. The largest absolute Gasteiger partial charge is 0.377 e. The number of carbonyl (C=O) groups is 1. The standard InChI is InChI=1S/C16H23N5O2/c1-23-12-13-17-15(20-19-13)18-14(22)11-16(7-3-2-4-8-16)21-9-5-6-10-21/h5-6,9-10H,2-4,7-8,11-12H2,1H3,(H2,17,18,19,20,22). The van der Waals surface area contributed by atoms with Crippen molar-refractivity contribution >= 4 is 11.9 Å². The lowest BCUT2D eigenvalue weighted by Crippen LogP contribution is -2.38. The van der Waals surface area contributed by atoms with E-state index in [0.717, 1.165) is 25.7 Å². The predicted octanol–water partition coefficient (Wildman–Crippen LogP) is 2.44. The van der Waals surface area contributed by atoms with Gasteiger partial charge < -0.3 is 9.30 Å². The van der Waals surface area contributed by atoms with Crippen LogP contribution >= 0.6 is 0 Å². The van der Waals surface area contributed by atoms with Gasteiger partial charge in [-0.3, -0.25) is 15.2 Å². The second kappa shape index (κ2) is 6.95. The fourth-order valence-electron chi connectivity index (χ4n) is 3.41. The summed E-state index contributed by atoms with van der Waals surface area (Å²) in [5.74, 6) is 0.852. The first kappa shape index (κ1) is 15.7. The van der Waals surface area contributed by atoms with Gasteiger partial charge >= 0.3 is 0 Å². The monoisotopic (exact) mass is 317 g/mol. The van der Waals surface area contributed by atoms with Gasteiger partial charge in [0.25, 0.3) is 0 Å². The lowest BCUT2D eigenvalue weighted by Gasteiger charge is -2.38. The van der Waals surface area contributed by atoms with Crippen molar-refractivity contribution in [1.82, 2.24) is 19.7 Å². The van der Waals surface area contributed by atoms with Crippen LogP contribution in [0.25, 0.3) is 0 Å². The molecule has 0 radical (unpaired) electrons. The van der Waals surface area contributed by atoms with E-state index in [1.165, 1.54) is 6.42 Å². The minimum atomic E-state index is -0.127. The van der Waals surface area contributed by atoms with Gasteiger partial charge in [-0.05, 0) is 25.0 Å². The molecule has 7 heteroatoms. The third-order valence-corrected chi connectivity index (χ3v) is 4.49. The summed E-state index contributed by atoms with van der Waals surface area (Å²) in [6.07, 6.45) is 10.2. The van der Waals surface area contributed by atoms with Crippen molar-refractivity contribution < 1.29 is 9.53 Å². The van der Waals surface area contributed by atoms with Crippen molar-refractivity contribution in [2.24, 2.45) is 0 Å². The molecule has 0 bridgehead atoms. The van der Waals surface area contributed by atoms with Crippen molar-refractivity contribution in [3.63, 3.8) is 0 Å². The summed E-state index contributed by atoms with van der Waals surface area (Å²) >= 11 is 0. The minimum Gasteiger partial charge on any atom is -0.377 e. The van der Waals surface area contributed by atoms with Crippen molar-refractivity contribution in [3.05, 3.63) is 30.4 Å². The molecule has 3 rings (SSSR count). The van der Waals surface area contributed by atoms with Gasteiger partial charge in [0, 0.05) is 19.5 Å². The van der Waals surface area contributed by atoms with Crippen LogP contribution in [-0.4, -0.2) is 32.8 Å². The molecule has 2 heterocycles. The third-order valence-electron chi connectivity index (χ3n) is 4.49. The summed E-state index contributed by atoms with van der Waals surface area (Å²) in [5.41, 5.74) is -0.127. The number of rotatable bonds is 6. The number of ether oxygens (including phenoxy) is 1. The number of carbonyl (C=O) groups excluding carboxylic acids is 1. The Labute approximate surface area is 135 Å². The summed E-state index contributed by atoms with van der Waals surface area (Å²) < 4.78 is 7.18. The second-order valence-corrected chi connectivity index (χ2v) is 6.14. The number of hydrogen-bond donors (Lipinski definition) is 2. The summed E-state index contributed by atoms with van der Waals surface area (Å²) in [4.78, 5) is 16.7. The molecule has 1 aliphatic carbocycles. The van der Waals surface area contributed by atoms with Crippen LogP contribution in [-0.2, 0) is 21.7 Å². The van der Waals surface area contributed by atoms with Gasteiger partial charge in [0.05, 0.1) is 12.0 Å². The van der Waals surface area contributed by atoms with Crippen LogP contribution in [0.15, 0.2) is 24.5 Å². The van der Waals surface area contributed by atoms with Gasteiger partial charge in [-0.1, -0.05) is 19.3 Å². The number of nitrogens with zero attached hydrogens (tertiary/aromatic N) is 3. The number of methoxy groups -OCH3 is 1. The zero-order valence-electron chi connectivity index (χ0n) is 13.4. The normalized spacial score (nSPS) is 17.1. The first-order valence-electron chi connectivity index (χ1n) is 8.05. The molecule has 124 valence electrons. The van der Waals surface area contributed by atoms with Crippen LogP contribution in [0.2, 0.25) is 0 Å². The fourth-order valence-corrected chi connectivity index (χ4v) is 3.41. The van der Waals surface area contributed by atoms with E-state index in [0.29, 0.717) is 24.8 Å². The topological polar surface area (TPSA) is 84.8 Å². The van der Waals surface area contributed by atoms with Gasteiger partial charge in [0.15, 0.2) is 5.82 Å². The Kier molecular flexibility index (Phi) is 4.76. The second-order valence-electron chi connectivity index (χ2n) is 6.14. The van der Waals surface area contributed by atoms with Gasteiger partial charge in [-0.25, -0.2) is 0 Å². The summed E-state index contributed by atoms with van der Waals surface area (Å²) in [7, 11) is 1.59. The molecule has 2 aromatic rings. The molecule has 23 heavy (non-hydrogen) atoms. The molecule has 0 aliphatic heterocycles. The Hall–Kier alpha value is -2.15. The minimum absolute atomic E-state index is 0.0523. The van der Waals surface area contributed by atoms with Gasteiger partial charge in [-0.2, -0.15) is 4.98 Å². The maximum atomic E-state index is 12.5. The van der Waals surface area contributed by atoms with Crippen LogP contribution in [0.5, 0.6) is 0 Å². The highest BCUT2D eigenvalue weighted by molar-refractivity contribution is 5.89. The maximum Gasteiger partial charge on any atom is 0.248 e. The van der Waals surface area contributed by atoms with E-state index in [9.17, 15) is 4.79 Å². The van der Waals surface area contributed by atoms with Gasteiger partial charge in [0.1, 0.15) is 6.61 Å². The average molecular weight is 317 g/mol. The molecule has 0 atom stereocenters. The molecular weight excluding hydrogens is 294 g/mol. The summed E-state index contributed by atoms with van der Waals surface area (Å²) in [6, 6.07) is 4.03. The number of aromatic amines is 1. The molecule has 7 nitrogen and oxygen atoms in total. The quantitative estimate of drug-likeness (QED) is 0.857. The lowest BCUT2D eigenvalue weighted by atomic mass is 9.79. The van der Waals surface area contributed by atoms with Crippen LogP contribution in [0, 0.1) is 0 Å². The number of anilines is 1. The number of amides is 1. The average Bonchev–Trinajstić information content (AvgIpc) is 3.21. The molecule has 0 saturated heterocycles. The van der Waals surface area contributed by atoms with Crippen molar-refractivity contribution in [2.75, 3.05) is 12.4 Å². The van der Waals surface area contributed by atoms with E-state index in [2.05, 4.69) is 37.5 Å². The third kappa shape index (κ3) is 3.61. The highest BCUT2D eigenvalue weighted by atomic mass is 16.5. The Morgan fingerprint density at radius 1 is 1.35 bits per heavy atom. The molecule has 2 aromatic heterocycles. The fraction of sp³-hybridized carbons (Fsp3) is 0.562. The number of nitrogens with one attached hydrogen (secondary N) is 2. The van der Waals surface area contributed by atoms with E-state index >= 15 is 0 Å².